The minimum atomic E-state index is -0.955. The lowest BCUT2D eigenvalue weighted by molar-refractivity contribution is -0.184. The predicted molar refractivity (Wildman–Crippen MR) is 79.4 cm³/mol. The van der Waals surface area contributed by atoms with Crippen molar-refractivity contribution in [3.8, 4) is 0 Å². The summed E-state index contributed by atoms with van der Waals surface area (Å²) in [5.74, 6) is -2.66. The topological polar surface area (TPSA) is 132 Å². The first kappa shape index (κ1) is 16.1. The Hall–Kier alpha value is -2.81. The molecule has 1 aromatic carbocycles. The van der Waals surface area contributed by atoms with Crippen molar-refractivity contribution in [3.63, 3.8) is 0 Å². The quantitative estimate of drug-likeness (QED) is 0.518. The van der Waals surface area contributed by atoms with E-state index in [1.54, 1.807) is 12.1 Å². The molecular formula is C15H17N5O4. The Morgan fingerprint density at radius 1 is 1.25 bits per heavy atom. The zero-order valence-corrected chi connectivity index (χ0v) is 12.7. The second-order valence-corrected chi connectivity index (χ2v) is 5.88. The highest BCUT2D eigenvalue weighted by Crippen LogP contribution is 2.43. The van der Waals surface area contributed by atoms with Crippen molar-refractivity contribution in [1.29, 1.82) is 0 Å². The number of hydrogen-bond acceptors (Lipinski definition) is 6. The van der Waals surface area contributed by atoms with E-state index in [-0.39, 0.29) is 19.4 Å². The summed E-state index contributed by atoms with van der Waals surface area (Å²) in [7, 11) is 0. The van der Waals surface area contributed by atoms with Crippen LogP contribution in [0.4, 0.5) is 0 Å². The van der Waals surface area contributed by atoms with Gasteiger partial charge in [-0.25, -0.2) is 10.2 Å². The Kier molecular flexibility index (Phi) is 4.52. The van der Waals surface area contributed by atoms with Gasteiger partial charge in [0, 0.05) is 12.3 Å². The number of carbonyl (C=O) groups is 2. The average molecular weight is 331 g/mol. The van der Waals surface area contributed by atoms with E-state index in [4.69, 9.17) is 0 Å². The van der Waals surface area contributed by atoms with Crippen LogP contribution in [0.2, 0.25) is 0 Å². The number of carbonyl (C=O) groups excluding carboxylic acids is 1. The number of aromatic nitrogens is 4. The van der Waals surface area contributed by atoms with E-state index in [2.05, 4.69) is 20.6 Å². The molecule has 3 N–H and O–H groups in total. The van der Waals surface area contributed by atoms with E-state index in [1.165, 1.54) is 0 Å². The van der Waals surface area contributed by atoms with E-state index < -0.39 is 29.6 Å². The zero-order chi connectivity index (χ0) is 17.1. The number of tetrazole rings is 1. The molecule has 1 aromatic heterocycles. The van der Waals surface area contributed by atoms with Crippen molar-refractivity contribution < 1.29 is 19.9 Å². The van der Waals surface area contributed by atoms with Gasteiger partial charge in [-0.1, -0.05) is 30.3 Å². The third-order valence-electron chi connectivity index (χ3n) is 4.42. The van der Waals surface area contributed by atoms with Gasteiger partial charge in [-0.05, 0) is 28.3 Å². The standard InChI is InChI=1S/C15H17N5O4/c21-14(20(24)8-9-4-2-1-3-5-9)11-6-12(15(22)23)10(11)7-13-16-18-19-17-13/h1-5,10-12,24H,6-8H2,(H,22,23)(H,16,17,18,19). The number of carboxylic acid groups (broad SMARTS) is 1. The fraction of sp³-hybridized carbons (Fsp3) is 0.400. The smallest absolute Gasteiger partial charge is 0.306 e. The highest BCUT2D eigenvalue weighted by molar-refractivity contribution is 5.83. The maximum atomic E-state index is 12.5. The van der Waals surface area contributed by atoms with Gasteiger partial charge in [0.15, 0.2) is 0 Å². The highest BCUT2D eigenvalue weighted by atomic mass is 16.5. The summed E-state index contributed by atoms with van der Waals surface area (Å²) in [6.45, 7) is 0.0600. The van der Waals surface area contributed by atoms with Crippen molar-refractivity contribution >= 4 is 11.9 Å². The number of hydroxylamine groups is 2. The van der Waals surface area contributed by atoms with Gasteiger partial charge in [0.1, 0.15) is 5.82 Å². The van der Waals surface area contributed by atoms with Gasteiger partial charge in [0.05, 0.1) is 12.5 Å². The Morgan fingerprint density at radius 3 is 2.62 bits per heavy atom. The molecule has 1 amide bonds. The third-order valence-corrected chi connectivity index (χ3v) is 4.42. The van der Waals surface area contributed by atoms with Gasteiger partial charge < -0.3 is 5.11 Å². The molecule has 1 aliphatic carbocycles. The van der Waals surface area contributed by atoms with E-state index in [9.17, 15) is 19.9 Å². The van der Waals surface area contributed by atoms with E-state index >= 15 is 0 Å². The minimum absolute atomic E-state index is 0.0600. The summed E-state index contributed by atoms with van der Waals surface area (Å²) in [5.41, 5.74) is 0.790. The molecule has 1 heterocycles. The van der Waals surface area contributed by atoms with Crippen LogP contribution in [0.1, 0.15) is 17.8 Å². The molecule has 3 atom stereocenters. The normalized spacial score (nSPS) is 22.6. The van der Waals surface area contributed by atoms with Gasteiger partial charge in [-0.3, -0.25) is 14.8 Å². The number of carboxylic acids is 1. The summed E-state index contributed by atoms with van der Waals surface area (Å²) in [6, 6.07) is 9.08. The van der Waals surface area contributed by atoms with Gasteiger partial charge in [0.25, 0.3) is 0 Å². The first-order valence-electron chi connectivity index (χ1n) is 7.56. The Bertz CT molecular complexity index is 706. The molecule has 1 saturated carbocycles. The number of H-pyrrole nitrogens is 1. The third kappa shape index (κ3) is 3.25. The van der Waals surface area contributed by atoms with Gasteiger partial charge in [-0.2, -0.15) is 0 Å². The molecule has 126 valence electrons. The van der Waals surface area contributed by atoms with Gasteiger partial charge in [-0.15, -0.1) is 5.10 Å². The number of hydrogen-bond donors (Lipinski definition) is 3. The second-order valence-electron chi connectivity index (χ2n) is 5.88. The van der Waals surface area contributed by atoms with Crippen LogP contribution in [-0.2, 0) is 22.6 Å². The average Bonchev–Trinajstić information content (AvgIpc) is 3.05. The van der Waals surface area contributed by atoms with E-state index in [0.29, 0.717) is 10.9 Å². The fourth-order valence-electron chi connectivity index (χ4n) is 3.07. The number of aliphatic carboxylic acids is 1. The van der Waals surface area contributed by atoms with Crippen LogP contribution in [0.15, 0.2) is 30.3 Å². The first-order valence-corrected chi connectivity index (χ1v) is 7.56. The SMILES string of the molecule is O=C(O)C1CC(C(=O)N(O)Cc2ccccc2)C1Cc1nnn[nH]1. The van der Waals surface area contributed by atoms with Crippen molar-refractivity contribution in [2.24, 2.45) is 17.8 Å². The number of aromatic amines is 1. The largest absolute Gasteiger partial charge is 0.481 e. The molecule has 3 rings (SSSR count). The van der Waals surface area contributed by atoms with E-state index in [0.717, 1.165) is 5.56 Å². The molecule has 0 saturated heterocycles. The van der Waals surface area contributed by atoms with Crippen LogP contribution in [0.3, 0.4) is 0 Å². The highest BCUT2D eigenvalue weighted by Gasteiger charge is 2.50. The molecular weight excluding hydrogens is 314 g/mol. The van der Waals surface area contributed by atoms with E-state index in [1.807, 2.05) is 18.2 Å². The lowest BCUT2D eigenvalue weighted by atomic mass is 9.62. The zero-order valence-electron chi connectivity index (χ0n) is 12.7. The Labute approximate surface area is 137 Å². The molecule has 0 radical (unpaired) electrons. The molecule has 9 nitrogen and oxygen atoms in total. The number of rotatable bonds is 6. The molecule has 24 heavy (non-hydrogen) atoms. The van der Waals surface area contributed by atoms with Crippen LogP contribution >= 0.6 is 0 Å². The Morgan fingerprint density at radius 2 is 2.00 bits per heavy atom. The predicted octanol–water partition coefficient (Wildman–Crippen LogP) is 0.497. The molecule has 9 heteroatoms. The summed E-state index contributed by atoms with van der Waals surface area (Å²) in [6.07, 6.45) is 0.450. The molecule has 0 bridgehead atoms. The van der Waals surface area contributed by atoms with Gasteiger partial charge >= 0.3 is 5.97 Å². The summed E-state index contributed by atoms with van der Waals surface area (Å²) < 4.78 is 0. The molecule has 0 aliphatic heterocycles. The van der Waals surface area contributed by atoms with Crippen molar-refractivity contribution in [3.05, 3.63) is 41.7 Å². The molecule has 1 aliphatic rings. The number of nitrogens with zero attached hydrogens (tertiary/aromatic N) is 4. The maximum Gasteiger partial charge on any atom is 0.306 e. The number of amides is 1. The van der Waals surface area contributed by atoms with Gasteiger partial charge in [0.2, 0.25) is 5.91 Å². The van der Waals surface area contributed by atoms with Crippen LogP contribution in [0.25, 0.3) is 0 Å². The molecule has 2 aromatic rings. The molecule has 3 unspecified atom stereocenters. The maximum absolute atomic E-state index is 12.5. The fourth-order valence-corrected chi connectivity index (χ4v) is 3.07. The van der Waals surface area contributed by atoms with Crippen LogP contribution in [0, 0.1) is 17.8 Å². The van der Waals surface area contributed by atoms with Crippen molar-refractivity contribution in [2.75, 3.05) is 0 Å². The second kappa shape index (κ2) is 6.75. The monoisotopic (exact) mass is 331 g/mol. The van der Waals surface area contributed by atoms with Crippen molar-refractivity contribution in [1.82, 2.24) is 25.7 Å². The molecule has 1 fully saturated rings. The van der Waals surface area contributed by atoms with Crippen LogP contribution in [0.5, 0.6) is 0 Å². The summed E-state index contributed by atoms with van der Waals surface area (Å²) in [5, 5.41) is 33.2. The number of benzene rings is 1. The summed E-state index contributed by atoms with van der Waals surface area (Å²) in [4.78, 5) is 23.8. The van der Waals surface area contributed by atoms with Crippen molar-refractivity contribution in [2.45, 2.75) is 19.4 Å². The van der Waals surface area contributed by atoms with Crippen LogP contribution < -0.4 is 0 Å². The molecule has 0 spiro atoms. The van der Waals surface area contributed by atoms with Crippen LogP contribution in [-0.4, -0.2) is 47.9 Å². The summed E-state index contributed by atoms with van der Waals surface area (Å²) >= 11 is 0. The minimum Gasteiger partial charge on any atom is -0.481 e. The number of nitrogens with one attached hydrogen (secondary N) is 1. The first-order chi connectivity index (χ1) is 11.6. The Balaban J connectivity index is 1.67. The lowest BCUT2D eigenvalue weighted by Gasteiger charge is -2.41. The lowest BCUT2D eigenvalue weighted by Crippen LogP contribution is -2.50.